The molecule has 0 saturated carbocycles. The third-order valence-corrected chi connectivity index (χ3v) is 4.65. The number of carbonyl (C=O) groups excluding carboxylic acids is 1. The second kappa shape index (κ2) is 7.20. The Morgan fingerprint density at radius 1 is 1.08 bits per heavy atom. The van der Waals surface area contributed by atoms with Crippen molar-refractivity contribution in [2.75, 3.05) is 31.9 Å². The Labute approximate surface area is 145 Å². The van der Waals surface area contributed by atoms with Crippen molar-refractivity contribution in [3.63, 3.8) is 0 Å². The monoisotopic (exact) mass is 347 g/mol. The molecule has 3 rings (SSSR count). The minimum atomic E-state index is -0.293. The third-order valence-electron chi connectivity index (χ3n) is 4.29. The first-order chi connectivity index (χ1) is 11.6. The van der Waals surface area contributed by atoms with Crippen LogP contribution in [0.15, 0.2) is 42.5 Å². The summed E-state index contributed by atoms with van der Waals surface area (Å²) in [4.78, 5) is 16.4. The van der Waals surface area contributed by atoms with Gasteiger partial charge in [0.1, 0.15) is 5.82 Å². The van der Waals surface area contributed by atoms with Crippen LogP contribution in [0.3, 0.4) is 0 Å². The second-order valence-corrected chi connectivity index (χ2v) is 6.26. The normalized spacial score (nSPS) is 15.5. The molecule has 4 nitrogen and oxygen atoms in total. The molecule has 2 aromatic carbocycles. The lowest BCUT2D eigenvalue weighted by Gasteiger charge is -2.35. The van der Waals surface area contributed by atoms with Gasteiger partial charge in [-0.05, 0) is 24.3 Å². The zero-order valence-electron chi connectivity index (χ0n) is 13.2. The zero-order valence-corrected chi connectivity index (χ0v) is 14.0. The molecule has 0 spiro atoms. The minimum Gasteiger partial charge on any atom is -0.398 e. The third kappa shape index (κ3) is 3.52. The zero-order chi connectivity index (χ0) is 17.1. The molecule has 24 heavy (non-hydrogen) atoms. The highest BCUT2D eigenvalue weighted by Crippen LogP contribution is 2.22. The Hall–Kier alpha value is -2.11. The van der Waals surface area contributed by atoms with E-state index in [0.717, 1.165) is 0 Å². The molecule has 1 aliphatic heterocycles. The van der Waals surface area contributed by atoms with Crippen molar-refractivity contribution in [1.82, 2.24) is 9.80 Å². The standard InChI is InChI=1S/C18H19ClFN3O/c19-15-5-3-6-16(20)14(15)12-22-8-10-23(11-9-22)18(24)13-4-1-2-7-17(13)21/h1-7H,8-12,21H2. The number of nitrogens with zero attached hydrogens (tertiary/aromatic N) is 2. The molecular formula is C18H19ClFN3O. The molecule has 1 fully saturated rings. The van der Waals surface area contributed by atoms with Crippen molar-refractivity contribution in [3.8, 4) is 0 Å². The lowest BCUT2D eigenvalue weighted by atomic mass is 10.1. The van der Waals surface area contributed by atoms with E-state index in [-0.39, 0.29) is 11.7 Å². The van der Waals surface area contributed by atoms with Gasteiger partial charge in [0.05, 0.1) is 5.56 Å². The number of para-hydroxylation sites is 1. The summed E-state index contributed by atoms with van der Waals surface area (Å²) in [6.07, 6.45) is 0. The molecule has 0 bridgehead atoms. The molecule has 1 saturated heterocycles. The van der Waals surface area contributed by atoms with Crippen LogP contribution in [0.4, 0.5) is 10.1 Å². The second-order valence-electron chi connectivity index (χ2n) is 5.86. The Morgan fingerprint density at radius 2 is 1.79 bits per heavy atom. The van der Waals surface area contributed by atoms with Gasteiger partial charge in [-0.2, -0.15) is 0 Å². The van der Waals surface area contributed by atoms with E-state index in [9.17, 15) is 9.18 Å². The first-order valence-corrected chi connectivity index (χ1v) is 8.23. The lowest BCUT2D eigenvalue weighted by Crippen LogP contribution is -2.48. The Kier molecular flexibility index (Phi) is 5.02. The van der Waals surface area contributed by atoms with Gasteiger partial charge in [-0.25, -0.2) is 4.39 Å². The fourth-order valence-electron chi connectivity index (χ4n) is 2.88. The van der Waals surface area contributed by atoms with Gasteiger partial charge in [-0.3, -0.25) is 9.69 Å². The van der Waals surface area contributed by atoms with Crippen molar-refractivity contribution in [3.05, 3.63) is 64.4 Å². The van der Waals surface area contributed by atoms with E-state index in [0.29, 0.717) is 54.6 Å². The fraction of sp³-hybridized carbons (Fsp3) is 0.278. The van der Waals surface area contributed by atoms with Gasteiger partial charge in [-0.1, -0.05) is 29.8 Å². The van der Waals surface area contributed by atoms with E-state index >= 15 is 0 Å². The van der Waals surface area contributed by atoms with Gasteiger partial charge >= 0.3 is 0 Å². The van der Waals surface area contributed by atoms with Gasteiger partial charge in [0.15, 0.2) is 0 Å². The van der Waals surface area contributed by atoms with Crippen LogP contribution in [-0.2, 0) is 6.54 Å². The molecule has 1 amide bonds. The van der Waals surface area contributed by atoms with Gasteiger partial charge < -0.3 is 10.6 Å². The molecule has 0 unspecified atom stereocenters. The molecule has 126 valence electrons. The number of hydrogen-bond acceptors (Lipinski definition) is 3. The summed E-state index contributed by atoms with van der Waals surface area (Å²) < 4.78 is 13.9. The molecular weight excluding hydrogens is 329 g/mol. The van der Waals surface area contributed by atoms with Crippen molar-refractivity contribution in [2.24, 2.45) is 0 Å². The maximum atomic E-state index is 13.9. The maximum Gasteiger partial charge on any atom is 0.256 e. The van der Waals surface area contributed by atoms with E-state index in [1.165, 1.54) is 6.07 Å². The molecule has 2 N–H and O–H groups in total. The largest absolute Gasteiger partial charge is 0.398 e. The van der Waals surface area contributed by atoms with E-state index in [1.807, 2.05) is 6.07 Å². The Bertz CT molecular complexity index is 725. The van der Waals surface area contributed by atoms with Crippen LogP contribution in [0.25, 0.3) is 0 Å². The SMILES string of the molecule is Nc1ccccc1C(=O)N1CCN(Cc2c(F)cccc2Cl)CC1. The molecule has 0 atom stereocenters. The molecule has 0 aromatic heterocycles. The quantitative estimate of drug-likeness (QED) is 0.868. The van der Waals surface area contributed by atoms with E-state index in [4.69, 9.17) is 17.3 Å². The number of nitrogens with two attached hydrogens (primary N) is 1. The predicted molar refractivity (Wildman–Crippen MR) is 93.4 cm³/mol. The van der Waals surface area contributed by atoms with Crippen LogP contribution < -0.4 is 5.73 Å². The average Bonchev–Trinajstić information content (AvgIpc) is 2.59. The first kappa shape index (κ1) is 16.7. The van der Waals surface area contributed by atoms with E-state index in [1.54, 1.807) is 35.2 Å². The van der Waals surface area contributed by atoms with Gasteiger partial charge in [-0.15, -0.1) is 0 Å². The fourth-order valence-corrected chi connectivity index (χ4v) is 3.10. The highest BCUT2D eigenvalue weighted by Gasteiger charge is 2.24. The number of piperazine rings is 1. The summed E-state index contributed by atoms with van der Waals surface area (Å²) in [6, 6.07) is 11.8. The van der Waals surface area contributed by atoms with Crippen LogP contribution >= 0.6 is 11.6 Å². The topological polar surface area (TPSA) is 49.6 Å². The molecule has 0 aliphatic carbocycles. The van der Waals surface area contributed by atoms with Crippen molar-refractivity contribution in [1.29, 1.82) is 0 Å². The van der Waals surface area contributed by atoms with Crippen LogP contribution in [0.5, 0.6) is 0 Å². The highest BCUT2D eigenvalue weighted by atomic mass is 35.5. The minimum absolute atomic E-state index is 0.0586. The van der Waals surface area contributed by atoms with Crippen LogP contribution in [0.1, 0.15) is 15.9 Å². The van der Waals surface area contributed by atoms with Crippen LogP contribution in [0, 0.1) is 5.82 Å². The summed E-state index contributed by atoms with van der Waals surface area (Å²) in [5.41, 5.74) is 7.40. The molecule has 1 aliphatic rings. The Morgan fingerprint density at radius 3 is 2.46 bits per heavy atom. The number of anilines is 1. The summed E-state index contributed by atoms with van der Waals surface area (Å²) >= 11 is 6.08. The highest BCUT2D eigenvalue weighted by molar-refractivity contribution is 6.31. The molecule has 2 aromatic rings. The van der Waals surface area contributed by atoms with Gasteiger partial charge in [0, 0.05) is 49.0 Å². The van der Waals surface area contributed by atoms with Crippen LogP contribution in [-0.4, -0.2) is 41.9 Å². The number of amides is 1. The first-order valence-electron chi connectivity index (χ1n) is 7.85. The maximum absolute atomic E-state index is 13.9. The summed E-state index contributed by atoms with van der Waals surface area (Å²) in [5.74, 6) is -0.352. The number of hydrogen-bond donors (Lipinski definition) is 1. The van der Waals surface area contributed by atoms with Crippen molar-refractivity contribution >= 4 is 23.2 Å². The van der Waals surface area contributed by atoms with Crippen LogP contribution in [0.2, 0.25) is 5.02 Å². The number of rotatable bonds is 3. The lowest BCUT2D eigenvalue weighted by molar-refractivity contribution is 0.0628. The predicted octanol–water partition coefficient (Wildman–Crippen LogP) is 3.02. The molecule has 1 heterocycles. The van der Waals surface area contributed by atoms with E-state index in [2.05, 4.69) is 4.90 Å². The summed E-state index contributed by atoms with van der Waals surface area (Å²) in [6.45, 7) is 2.95. The van der Waals surface area contributed by atoms with E-state index < -0.39 is 0 Å². The number of carbonyl (C=O) groups is 1. The van der Waals surface area contributed by atoms with Gasteiger partial charge in [0.25, 0.3) is 5.91 Å². The average molecular weight is 348 g/mol. The molecule has 6 heteroatoms. The Balaban J connectivity index is 1.62. The van der Waals surface area contributed by atoms with Crippen molar-refractivity contribution in [2.45, 2.75) is 6.54 Å². The molecule has 0 radical (unpaired) electrons. The smallest absolute Gasteiger partial charge is 0.256 e. The van der Waals surface area contributed by atoms with Crippen molar-refractivity contribution < 1.29 is 9.18 Å². The number of halogens is 2. The number of nitrogen functional groups attached to an aromatic ring is 1. The summed E-state index contributed by atoms with van der Waals surface area (Å²) in [7, 11) is 0. The number of benzene rings is 2. The summed E-state index contributed by atoms with van der Waals surface area (Å²) in [5, 5.41) is 0.436. The van der Waals surface area contributed by atoms with Gasteiger partial charge in [0.2, 0.25) is 0 Å².